The van der Waals surface area contributed by atoms with E-state index in [1.165, 1.54) is 0 Å². The van der Waals surface area contributed by atoms with Gasteiger partial charge in [-0.2, -0.15) is 0 Å². The second-order valence-electron chi connectivity index (χ2n) is 5.13. The van der Waals surface area contributed by atoms with Gasteiger partial charge in [-0.25, -0.2) is 0 Å². The van der Waals surface area contributed by atoms with Crippen molar-refractivity contribution in [3.8, 4) is 0 Å². The predicted octanol–water partition coefficient (Wildman–Crippen LogP) is 2.51. The van der Waals surface area contributed by atoms with Crippen molar-refractivity contribution in [2.24, 2.45) is 0 Å². The van der Waals surface area contributed by atoms with Gasteiger partial charge in [0.15, 0.2) is 5.76 Å². The molecule has 0 aliphatic carbocycles. The normalized spacial score (nSPS) is 18.6. The summed E-state index contributed by atoms with van der Waals surface area (Å²) in [6, 6.07) is 7.21. The summed E-state index contributed by atoms with van der Waals surface area (Å²) in [6.45, 7) is 1.01. The van der Waals surface area contributed by atoms with Crippen molar-refractivity contribution < 1.29 is 23.8 Å². The molecule has 0 spiro atoms. The van der Waals surface area contributed by atoms with Crippen LogP contribution in [0.5, 0.6) is 0 Å². The minimum absolute atomic E-state index is 0.114. The Morgan fingerprint density at radius 3 is 2.95 bits per heavy atom. The summed E-state index contributed by atoms with van der Waals surface area (Å²) in [4.78, 5) is 24.8. The second kappa shape index (κ2) is 6.10. The van der Waals surface area contributed by atoms with Crippen molar-refractivity contribution >= 4 is 38.8 Å². The van der Waals surface area contributed by atoms with Crippen molar-refractivity contribution in [1.82, 2.24) is 4.90 Å². The van der Waals surface area contributed by atoms with Crippen LogP contribution in [0.3, 0.4) is 0 Å². The molecule has 1 saturated heterocycles. The number of hydrogen-bond acceptors (Lipinski definition) is 4. The highest BCUT2D eigenvalue weighted by atomic mass is 79.9. The van der Waals surface area contributed by atoms with Gasteiger partial charge in [0.05, 0.1) is 19.1 Å². The Morgan fingerprint density at radius 2 is 2.18 bits per heavy atom. The fraction of sp³-hybridized carbons (Fsp3) is 0.333. The Morgan fingerprint density at radius 1 is 1.36 bits per heavy atom. The molecular weight excluding hydrogens is 354 g/mol. The van der Waals surface area contributed by atoms with E-state index in [9.17, 15) is 9.59 Å². The molecule has 1 N–H and O–H groups in total. The zero-order valence-electron chi connectivity index (χ0n) is 11.6. The highest BCUT2D eigenvalue weighted by Crippen LogP contribution is 2.24. The van der Waals surface area contributed by atoms with E-state index in [1.807, 2.05) is 12.1 Å². The van der Waals surface area contributed by atoms with E-state index in [2.05, 4.69) is 15.9 Å². The molecule has 0 saturated carbocycles. The summed E-state index contributed by atoms with van der Waals surface area (Å²) in [6.07, 6.45) is -0.592. The third-order valence-corrected chi connectivity index (χ3v) is 4.01. The Bertz CT molecular complexity index is 726. The molecule has 1 aromatic heterocycles. The highest BCUT2D eigenvalue weighted by Gasteiger charge is 2.28. The van der Waals surface area contributed by atoms with Gasteiger partial charge in [-0.05, 0) is 24.3 Å². The monoisotopic (exact) mass is 367 g/mol. The van der Waals surface area contributed by atoms with Gasteiger partial charge in [-0.15, -0.1) is 0 Å². The molecular formula is C15H14BrNO5. The minimum atomic E-state index is -0.937. The number of fused-ring (bicyclic) bond motifs is 1. The predicted molar refractivity (Wildman–Crippen MR) is 81.8 cm³/mol. The van der Waals surface area contributed by atoms with Gasteiger partial charge < -0.3 is 19.2 Å². The number of carboxylic acid groups (broad SMARTS) is 1. The summed E-state index contributed by atoms with van der Waals surface area (Å²) in [5, 5.41) is 9.66. The lowest BCUT2D eigenvalue weighted by Crippen LogP contribution is -2.46. The largest absolute Gasteiger partial charge is 0.481 e. The maximum absolute atomic E-state index is 12.5. The molecule has 1 atom stereocenters. The van der Waals surface area contributed by atoms with Crippen LogP contribution in [-0.2, 0) is 9.53 Å². The quantitative estimate of drug-likeness (QED) is 0.901. The van der Waals surface area contributed by atoms with Crippen LogP contribution in [0.1, 0.15) is 17.0 Å². The van der Waals surface area contributed by atoms with Crippen molar-refractivity contribution in [2.75, 3.05) is 19.7 Å². The third kappa shape index (κ3) is 3.15. The molecule has 0 radical (unpaired) electrons. The number of hydrogen-bond donors (Lipinski definition) is 1. The topological polar surface area (TPSA) is 80.0 Å². The van der Waals surface area contributed by atoms with Crippen molar-refractivity contribution in [1.29, 1.82) is 0 Å². The first kappa shape index (κ1) is 15.1. The number of carbonyl (C=O) groups excluding carboxylic acids is 1. The molecule has 116 valence electrons. The van der Waals surface area contributed by atoms with Crippen LogP contribution in [0.25, 0.3) is 11.0 Å². The van der Waals surface area contributed by atoms with Gasteiger partial charge in [0.1, 0.15) is 5.58 Å². The van der Waals surface area contributed by atoms with E-state index in [0.29, 0.717) is 18.7 Å². The SMILES string of the molecule is O=C(O)CC1CN(C(=O)c2cc3cc(Br)ccc3o2)CCO1. The molecule has 6 nitrogen and oxygen atoms in total. The van der Waals surface area contributed by atoms with E-state index < -0.39 is 12.1 Å². The van der Waals surface area contributed by atoms with Crippen LogP contribution in [0.4, 0.5) is 0 Å². The molecule has 1 amide bonds. The van der Waals surface area contributed by atoms with E-state index in [1.54, 1.807) is 17.0 Å². The number of ether oxygens (including phenoxy) is 1. The average molecular weight is 368 g/mol. The highest BCUT2D eigenvalue weighted by molar-refractivity contribution is 9.10. The average Bonchev–Trinajstić information content (AvgIpc) is 2.89. The molecule has 3 rings (SSSR count). The first-order chi connectivity index (χ1) is 10.5. The van der Waals surface area contributed by atoms with Crippen LogP contribution in [0, 0.1) is 0 Å². The standard InChI is InChI=1S/C15H14BrNO5/c16-10-1-2-12-9(5-10)6-13(22-12)15(20)17-3-4-21-11(8-17)7-14(18)19/h1-2,5-6,11H,3-4,7-8H2,(H,18,19). The van der Waals surface area contributed by atoms with E-state index >= 15 is 0 Å². The van der Waals surface area contributed by atoms with Gasteiger partial charge in [-0.1, -0.05) is 15.9 Å². The summed E-state index contributed by atoms with van der Waals surface area (Å²) in [7, 11) is 0. The lowest BCUT2D eigenvalue weighted by Gasteiger charge is -2.31. The van der Waals surface area contributed by atoms with Gasteiger partial charge in [0, 0.05) is 22.9 Å². The summed E-state index contributed by atoms with van der Waals surface area (Å²) < 4.78 is 11.9. The smallest absolute Gasteiger partial charge is 0.306 e. The molecule has 1 aliphatic rings. The maximum atomic E-state index is 12.5. The number of benzene rings is 1. The van der Waals surface area contributed by atoms with Crippen molar-refractivity contribution in [3.63, 3.8) is 0 Å². The number of nitrogens with zero attached hydrogens (tertiary/aromatic N) is 1. The maximum Gasteiger partial charge on any atom is 0.306 e. The number of carbonyl (C=O) groups is 2. The van der Waals surface area contributed by atoms with Gasteiger partial charge in [-0.3, -0.25) is 9.59 Å². The number of morpholine rings is 1. The van der Waals surface area contributed by atoms with E-state index in [4.69, 9.17) is 14.3 Å². The molecule has 2 aromatic rings. The summed E-state index contributed by atoms with van der Waals surface area (Å²) >= 11 is 3.38. The lowest BCUT2D eigenvalue weighted by molar-refractivity contribution is -0.141. The molecule has 1 fully saturated rings. The summed E-state index contributed by atoms with van der Waals surface area (Å²) in [5.41, 5.74) is 0.641. The Kier molecular flexibility index (Phi) is 4.17. The number of carboxylic acids is 1. The zero-order chi connectivity index (χ0) is 15.7. The Hall–Kier alpha value is -1.86. The van der Waals surface area contributed by atoms with E-state index in [-0.39, 0.29) is 24.6 Å². The zero-order valence-corrected chi connectivity index (χ0v) is 13.2. The Balaban J connectivity index is 1.78. The molecule has 22 heavy (non-hydrogen) atoms. The fourth-order valence-electron chi connectivity index (χ4n) is 2.50. The Labute approximate surface area is 134 Å². The second-order valence-corrected chi connectivity index (χ2v) is 6.05. The minimum Gasteiger partial charge on any atom is -0.481 e. The van der Waals surface area contributed by atoms with Crippen LogP contribution >= 0.6 is 15.9 Å². The molecule has 1 unspecified atom stereocenters. The number of aliphatic carboxylic acids is 1. The number of amides is 1. The van der Waals surface area contributed by atoms with Gasteiger partial charge >= 0.3 is 5.97 Å². The van der Waals surface area contributed by atoms with E-state index in [0.717, 1.165) is 9.86 Å². The van der Waals surface area contributed by atoms with Gasteiger partial charge in [0.25, 0.3) is 5.91 Å². The fourth-order valence-corrected chi connectivity index (χ4v) is 2.88. The third-order valence-electron chi connectivity index (χ3n) is 3.52. The number of rotatable bonds is 3. The first-order valence-electron chi connectivity index (χ1n) is 6.84. The molecule has 0 bridgehead atoms. The lowest BCUT2D eigenvalue weighted by atomic mass is 10.2. The van der Waals surface area contributed by atoms with Crippen LogP contribution in [0.2, 0.25) is 0 Å². The number of halogens is 1. The van der Waals surface area contributed by atoms with Crippen LogP contribution in [-0.4, -0.2) is 47.7 Å². The van der Waals surface area contributed by atoms with Gasteiger partial charge in [0.2, 0.25) is 0 Å². The van der Waals surface area contributed by atoms with Crippen molar-refractivity contribution in [2.45, 2.75) is 12.5 Å². The molecule has 1 aromatic carbocycles. The molecule has 1 aliphatic heterocycles. The van der Waals surface area contributed by atoms with Crippen LogP contribution < -0.4 is 0 Å². The first-order valence-corrected chi connectivity index (χ1v) is 7.64. The molecule has 2 heterocycles. The summed E-state index contributed by atoms with van der Waals surface area (Å²) in [5.74, 6) is -0.928. The van der Waals surface area contributed by atoms with Crippen LogP contribution in [0.15, 0.2) is 33.2 Å². The molecule has 7 heteroatoms. The number of furan rings is 1. The van der Waals surface area contributed by atoms with Crippen molar-refractivity contribution in [3.05, 3.63) is 34.5 Å².